The largest absolute Gasteiger partial charge is 0.322 e. The van der Waals surface area contributed by atoms with Gasteiger partial charge in [0.15, 0.2) is 0 Å². The van der Waals surface area contributed by atoms with Crippen molar-refractivity contribution < 1.29 is 9.72 Å². The molecular formula is C20H20N4O3S. The number of para-hydroxylation sites is 1. The van der Waals surface area contributed by atoms with Crippen LogP contribution in [0.4, 0.5) is 11.4 Å². The molecule has 0 aliphatic carbocycles. The van der Waals surface area contributed by atoms with Crippen LogP contribution in [0.5, 0.6) is 0 Å². The number of carbonyl (C=O) groups excluding carboxylic acids is 1. The van der Waals surface area contributed by atoms with E-state index in [1.807, 2.05) is 44.2 Å². The average molecular weight is 396 g/mol. The van der Waals surface area contributed by atoms with E-state index in [0.29, 0.717) is 5.69 Å². The third kappa shape index (κ3) is 4.23. The fourth-order valence-corrected chi connectivity index (χ4v) is 3.64. The summed E-state index contributed by atoms with van der Waals surface area (Å²) in [5.74, 6) is -0.151. The standard InChI is InChI=1S/C20H20N4O3S/c1-13-19(14(2)23(22-13)16-7-5-4-6-8-16)21-20(25)15(3)28-18-11-9-17(10-12-18)24(26)27/h4-12,15H,1-3H3,(H,21,25). The van der Waals surface area contributed by atoms with Crippen LogP contribution in [0.2, 0.25) is 0 Å². The lowest BCUT2D eigenvalue weighted by Crippen LogP contribution is -2.23. The molecule has 0 bridgehead atoms. The van der Waals surface area contributed by atoms with Gasteiger partial charge in [0.25, 0.3) is 5.69 Å². The number of hydrogen-bond donors (Lipinski definition) is 1. The van der Waals surface area contributed by atoms with Crippen LogP contribution in [0.15, 0.2) is 59.5 Å². The van der Waals surface area contributed by atoms with E-state index in [-0.39, 0.29) is 16.8 Å². The van der Waals surface area contributed by atoms with Gasteiger partial charge < -0.3 is 5.32 Å². The highest BCUT2D eigenvalue weighted by atomic mass is 32.2. The van der Waals surface area contributed by atoms with E-state index in [0.717, 1.165) is 22.0 Å². The van der Waals surface area contributed by atoms with Gasteiger partial charge in [-0.1, -0.05) is 18.2 Å². The summed E-state index contributed by atoms with van der Waals surface area (Å²) in [4.78, 5) is 23.8. The van der Waals surface area contributed by atoms with E-state index >= 15 is 0 Å². The molecule has 0 aliphatic rings. The molecule has 1 amide bonds. The van der Waals surface area contributed by atoms with Gasteiger partial charge in [0, 0.05) is 17.0 Å². The van der Waals surface area contributed by atoms with Gasteiger partial charge in [-0.2, -0.15) is 5.10 Å². The zero-order chi connectivity index (χ0) is 20.3. The Balaban J connectivity index is 1.72. The Morgan fingerprint density at radius 1 is 1.14 bits per heavy atom. The first-order valence-corrected chi connectivity index (χ1v) is 9.58. The zero-order valence-corrected chi connectivity index (χ0v) is 16.6. The molecule has 0 saturated heterocycles. The van der Waals surface area contributed by atoms with Crippen molar-refractivity contribution in [1.82, 2.24) is 9.78 Å². The van der Waals surface area contributed by atoms with Crippen LogP contribution in [-0.2, 0) is 4.79 Å². The second kappa shape index (κ2) is 8.26. The maximum atomic E-state index is 12.7. The minimum Gasteiger partial charge on any atom is -0.322 e. The first kappa shape index (κ1) is 19.6. The van der Waals surface area contributed by atoms with Crippen molar-refractivity contribution in [1.29, 1.82) is 0 Å². The van der Waals surface area contributed by atoms with E-state index < -0.39 is 4.92 Å². The van der Waals surface area contributed by atoms with Crippen LogP contribution < -0.4 is 5.32 Å². The van der Waals surface area contributed by atoms with Crippen LogP contribution in [0, 0.1) is 24.0 Å². The Hall–Kier alpha value is -3.13. The van der Waals surface area contributed by atoms with E-state index in [1.165, 1.54) is 23.9 Å². The minimum atomic E-state index is -0.444. The number of benzene rings is 2. The molecule has 3 rings (SSSR count). The zero-order valence-electron chi connectivity index (χ0n) is 15.7. The Bertz CT molecular complexity index is 1000. The van der Waals surface area contributed by atoms with Crippen molar-refractivity contribution in [2.45, 2.75) is 30.9 Å². The van der Waals surface area contributed by atoms with Crippen LogP contribution in [0.25, 0.3) is 5.69 Å². The lowest BCUT2D eigenvalue weighted by Gasteiger charge is -2.12. The molecule has 3 aromatic rings. The predicted molar refractivity (Wildman–Crippen MR) is 110 cm³/mol. The number of rotatable bonds is 6. The Morgan fingerprint density at radius 3 is 2.39 bits per heavy atom. The number of aryl methyl sites for hydroxylation is 1. The number of carbonyl (C=O) groups is 1. The summed E-state index contributed by atoms with van der Waals surface area (Å²) in [6, 6.07) is 15.9. The van der Waals surface area contributed by atoms with Gasteiger partial charge in [-0.05, 0) is 45.0 Å². The number of nitro benzene ring substituents is 1. The van der Waals surface area contributed by atoms with E-state index in [1.54, 1.807) is 23.7 Å². The van der Waals surface area contributed by atoms with Crippen molar-refractivity contribution >= 4 is 29.0 Å². The highest BCUT2D eigenvalue weighted by molar-refractivity contribution is 8.00. The van der Waals surface area contributed by atoms with E-state index in [9.17, 15) is 14.9 Å². The highest BCUT2D eigenvalue weighted by Crippen LogP contribution is 2.28. The molecule has 0 saturated carbocycles. The smallest absolute Gasteiger partial charge is 0.269 e. The second-order valence-corrected chi connectivity index (χ2v) is 7.71. The maximum absolute atomic E-state index is 12.7. The Morgan fingerprint density at radius 2 is 1.79 bits per heavy atom. The van der Waals surface area contributed by atoms with Crippen LogP contribution in [0.3, 0.4) is 0 Å². The first-order chi connectivity index (χ1) is 13.4. The minimum absolute atomic E-state index is 0.0287. The van der Waals surface area contributed by atoms with Gasteiger partial charge in [0.05, 0.1) is 32.9 Å². The summed E-state index contributed by atoms with van der Waals surface area (Å²) < 4.78 is 1.80. The summed E-state index contributed by atoms with van der Waals surface area (Å²) in [5, 5.41) is 17.9. The molecule has 2 aromatic carbocycles. The first-order valence-electron chi connectivity index (χ1n) is 8.70. The van der Waals surface area contributed by atoms with Gasteiger partial charge in [-0.25, -0.2) is 4.68 Å². The summed E-state index contributed by atoms with van der Waals surface area (Å²) in [7, 11) is 0. The maximum Gasteiger partial charge on any atom is 0.269 e. The molecule has 0 fully saturated rings. The number of non-ortho nitro benzene ring substituents is 1. The third-order valence-electron chi connectivity index (χ3n) is 4.27. The Kier molecular flexibility index (Phi) is 5.79. The molecule has 0 spiro atoms. The lowest BCUT2D eigenvalue weighted by molar-refractivity contribution is -0.384. The van der Waals surface area contributed by atoms with Crippen molar-refractivity contribution in [3.05, 3.63) is 76.1 Å². The van der Waals surface area contributed by atoms with Gasteiger partial charge in [0.2, 0.25) is 5.91 Å². The SMILES string of the molecule is Cc1nn(-c2ccccc2)c(C)c1NC(=O)C(C)Sc1ccc([N+](=O)[O-])cc1. The summed E-state index contributed by atoms with van der Waals surface area (Å²) >= 11 is 1.34. The predicted octanol–water partition coefficient (Wildman–Crippen LogP) is 4.52. The molecule has 7 nitrogen and oxygen atoms in total. The summed E-state index contributed by atoms with van der Waals surface area (Å²) in [5.41, 5.74) is 3.25. The van der Waals surface area contributed by atoms with Gasteiger partial charge >= 0.3 is 0 Å². The van der Waals surface area contributed by atoms with Crippen LogP contribution in [0.1, 0.15) is 18.3 Å². The molecule has 1 N–H and O–H groups in total. The number of nitrogens with one attached hydrogen (secondary N) is 1. The van der Waals surface area contributed by atoms with Crippen molar-refractivity contribution in [2.75, 3.05) is 5.32 Å². The molecule has 0 aliphatic heterocycles. The second-order valence-electron chi connectivity index (χ2n) is 6.29. The van der Waals surface area contributed by atoms with Gasteiger partial charge in [-0.3, -0.25) is 14.9 Å². The number of thioether (sulfide) groups is 1. The molecule has 8 heteroatoms. The topological polar surface area (TPSA) is 90.1 Å². The molecule has 1 heterocycles. The molecule has 0 radical (unpaired) electrons. The molecule has 28 heavy (non-hydrogen) atoms. The van der Waals surface area contributed by atoms with Gasteiger partial charge in [0.1, 0.15) is 0 Å². The summed E-state index contributed by atoms with van der Waals surface area (Å²) in [6.07, 6.45) is 0. The number of hydrogen-bond acceptors (Lipinski definition) is 5. The van der Waals surface area contributed by atoms with Crippen LogP contribution in [-0.4, -0.2) is 25.9 Å². The lowest BCUT2D eigenvalue weighted by atomic mass is 10.3. The molecule has 1 atom stereocenters. The fraction of sp³-hybridized carbons (Fsp3) is 0.200. The van der Waals surface area contributed by atoms with Crippen molar-refractivity contribution in [2.24, 2.45) is 0 Å². The number of aromatic nitrogens is 2. The number of nitro groups is 1. The molecule has 1 unspecified atom stereocenters. The summed E-state index contributed by atoms with van der Waals surface area (Å²) in [6.45, 7) is 5.57. The third-order valence-corrected chi connectivity index (χ3v) is 5.38. The highest BCUT2D eigenvalue weighted by Gasteiger charge is 2.20. The average Bonchev–Trinajstić information content (AvgIpc) is 2.97. The monoisotopic (exact) mass is 396 g/mol. The van der Waals surface area contributed by atoms with Crippen LogP contribution >= 0.6 is 11.8 Å². The van der Waals surface area contributed by atoms with Crippen molar-refractivity contribution in [3.63, 3.8) is 0 Å². The van der Waals surface area contributed by atoms with Gasteiger partial charge in [-0.15, -0.1) is 11.8 Å². The number of nitrogens with zero attached hydrogens (tertiary/aromatic N) is 3. The quantitative estimate of drug-likeness (QED) is 0.376. The molecule has 144 valence electrons. The fourth-order valence-electron chi connectivity index (χ4n) is 2.77. The molecule has 1 aromatic heterocycles. The van der Waals surface area contributed by atoms with E-state index in [2.05, 4.69) is 10.4 Å². The van der Waals surface area contributed by atoms with Crippen molar-refractivity contribution in [3.8, 4) is 5.69 Å². The normalized spacial score (nSPS) is 11.8. The van der Waals surface area contributed by atoms with E-state index in [4.69, 9.17) is 0 Å². The number of anilines is 1. The molecular weight excluding hydrogens is 376 g/mol. The Labute approximate surface area is 166 Å². The number of amides is 1.